The molecule has 0 radical (unpaired) electrons. The summed E-state index contributed by atoms with van der Waals surface area (Å²) in [5, 5.41) is 0. The van der Waals surface area contributed by atoms with Crippen LogP contribution >= 0.6 is 0 Å². The zero-order chi connectivity index (χ0) is 27.0. The molecule has 11 nitrogen and oxygen atoms in total. The number of benzene rings is 2. The minimum Gasteiger partial charge on any atom is -0.497 e. The van der Waals surface area contributed by atoms with E-state index < -0.39 is 11.8 Å². The summed E-state index contributed by atoms with van der Waals surface area (Å²) in [6, 6.07) is 11.2. The maximum absolute atomic E-state index is 14.0. The quantitative estimate of drug-likeness (QED) is 0.581. The summed E-state index contributed by atoms with van der Waals surface area (Å²) in [4.78, 5) is 46.0. The molecule has 3 fully saturated rings. The Morgan fingerprint density at radius 3 is 2.26 bits per heavy atom. The normalized spacial score (nSPS) is 21.8. The lowest BCUT2D eigenvalue weighted by molar-refractivity contribution is -0.141. The van der Waals surface area contributed by atoms with E-state index >= 15 is 0 Å². The third-order valence-corrected chi connectivity index (χ3v) is 7.88. The number of carbonyl (C=O) groups excluding carboxylic acids is 3. The van der Waals surface area contributed by atoms with Gasteiger partial charge in [0.1, 0.15) is 17.5 Å². The number of hydrogen-bond donors (Lipinski definition) is 0. The summed E-state index contributed by atoms with van der Waals surface area (Å²) in [6.45, 7) is 2.88. The van der Waals surface area contributed by atoms with E-state index in [1.54, 1.807) is 64.3 Å². The smallest absolute Gasteiger partial charge is 0.256 e. The molecule has 3 saturated heterocycles. The molecule has 2 aromatic carbocycles. The molecule has 0 unspecified atom stereocenters. The second kappa shape index (κ2) is 10.4. The molecular weight excluding hydrogens is 506 g/mol. The fourth-order valence-electron chi connectivity index (χ4n) is 5.69. The van der Waals surface area contributed by atoms with Crippen LogP contribution < -0.4 is 14.2 Å². The zero-order valence-electron chi connectivity index (χ0n) is 21.8. The maximum atomic E-state index is 14.0. The molecule has 4 aliphatic heterocycles. The molecule has 0 bridgehead atoms. The Labute approximate surface area is 226 Å². The average Bonchev–Trinajstić information content (AvgIpc) is 3.61. The highest BCUT2D eigenvalue weighted by molar-refractivity contribution is 5.99. The van der Waals surface area contributed by atoms with Crippen molar-refractivity contribution in [2.24, 2.45) is 0 Å². The van der Waals surface area contributed by atoms with Gasteiger partial charge in [0.25, 0.3) is 11.8 Å². The lowest BCUT2D eigenvalue weighted by Crippen LogP contribution is -2.60. The Hall–Kier alpha value is -3.83. The van der Waals surface area contributed by atoms with Gasteiger partial charge in [-0.3, -0.25) is 19.3 Å². The van der Waals surface area contributed by atoms with Gasteiger partial charge >= 0.3 is 0 Å². The Bertz CT molecular complexity index is 1250. The Kier molecular flexibility index (Phi) is 6.78. The molecule has 4 heterocycles. The standard InChI is InChI=1S/C28H31N3O8/c1-35-21-5-2-19(3-6-21)26(33)31-22(27(34)30-12-14-36-15-13-30)17-39-28(31)8-10-29(11-9-28)25(32)20-4-7-23-24(16-20)38-18-37-23/h2-7,16,22H,8-15,17-18H2,1H3/t22-/m0/s1. The summed E-state index contributed by atoms with van der Waals surface area (Å²) < 4.78 is 27.8. The van der Waals surface area contributed by atoms with Crippen molar-refractivity contribution in [3.8, 4) is 17.2 Å². The number of amides is 3. The molecule has 3 amide bonds. The van der Waals surface area contributed by atoms with Crippen molar-refractivity contribution in [2.45, 2.75) is 24.6 Å². The third-order valence-electron chi connectivity index (χ3n) is 7.88. The lowest BCUT2D eigenvalue weighted by Gasteiger charge is -2.45. The Balaban J connectivity index is 1.23. The van der Waals surface area contributed by atoms with Crippen LogP contribution in [0, 0.1) is 0 Å². The number of ether oxygens (including phenoxy) is 5. The topological polar surface area (TPSA) is 107 Å². The molecule has 4 aliphatic rings. The van der Waals surface area contributed by atoms with Gasteiger partial charge in [0.15, 0.2) is 11.5 Å². The number of piperidine rings is 1. The first-order valence-corrected chi connectivity index (χ1v) is 13.2. The van der Waals surface area contributed by atoms with Gasteiger partial charge in [-0.2, -0.15) is 0 Å². The summed E-state index contributed by atoms with van der Waals surface area (Å²) in [6.07, 6.45) is 0.774. The van der Waals surface area contributed by atoms with Crippen LogP contribution in [0.4, 0.5) is 0 Å². The van der Waals surface area contributed by atoms with Gasteiger partial charge < -0.3 is 33.5 Å². The monoisotopic (exact) mass is 537 g/mol. The van der Waals surface area contributed by atoms with Crippen LogP contribution in [-0.2, 0) is 14.3 Å². The fraction of sp³-hybridized carbons (Fsp3) is 0.464. The number of morpholine rings is 1. The van der Waals surface area contributed by atoms with Crippen LogP contribution in [0.3, 0.4) is 0 Å². The highest BCUT2D eigenvalue weighted by Crippen LogP contribution is 2.40. The summed E-state index contributed by atoms with van der Waals surface area (Å²) >= 11 is 0. The molecular formula is C28H31N3O8. The number of fused-ring (bicyclic) bond motifs is 1. The maximum Gasteiger partial charge on any atom is 0.256 e. The van der Waals surface area contributed by atoms with E-state index in [4.69, 9.17) is 23.7 Å². The lowest BCUT2D eigenvalue weighted by atomic mass is 9.96. The second-order valence-corrected chi connectivity index (χ2v) is 9.97. The highest BCUT2D eigenvalue weighted by Gasteiger charge is 2.55. The number of likely N-dealkylation sites (tertiary alicyclic amines) is 1. The SMILES string of the molecule is COc1ccc(C(=O)N2[C@H](C(=O)N3CCOCC3)COC23CCN(C(=O)c2ccc4c(c2)OCO4)CC3)cc1. The van der Waals surface area contributed by atoms with Gasteiger partial charge in [-0.25, -0.2) is 0 Å². The summed E-state index contributed by atoms with van der Waals surface area (Å²) in [7, 11) is 1.57. The van der Waals surface area contributed by atoms with Gasteiger partial charge in [-0.05, 0) is 42.5 Å². The number of carbonyl (C=O) groups is 3. The summed E-state index contributed by atoms with van der Waals surface area (Å²) in [5.41, 5.74) is -0.0386. The zero-order valence-corrected chi connectivity index (χ0v) is 21.8. The molecule has 0 saturated carbocycles. The van der Waals surface area contributed by atoms with E-state index in [2.05, 4.69) is 0 Å². The van der Waals surface area contributed by atoms with Crippen LogP contribution in [0.2, 0.25) is 0 Å². The molecule has 11 heteroatoms. The largest absolute Gasteiger partial charge is 0.497 e. The van der Waals surface area contributed by atoms with E-state index in [1.807, 2.05) is 0 Å². The minimum atomic E-state index is -0.991. The van der Waals surface area contributed by atoms with Crippen molar-refractivity contribution < 1.29 is 38.1 Å². The van der Waals surface area contributed by atoms with Crippen LogP contribution in [0.25, 0.3) is 0 Å². The minimum absolute atomic E-state index is 0.105. The number of methoxy groups -OCH3 is 1. The molecule has 0 aromatic heterocycles. The van der Waals surface area contributed by atoms with Crippen LogP contribution in [-0.4, -0.2) is 104 Å². The molecule has 6 rings (SSSR count). The van der Waals surface area contributed by atoms with Crippen molar-refractivity contribution in [3.05, 3.63) is 53.6 Å². The average molecular weight is 538 g/mol. The van der Waals surface area contributed by atoms with Crippen LogP contribution in [0.1, 0.15) is 33.6 Å². The molecule has 0 aliphatic carbocycles. The Morgan fingerprint density at radius 2 is 1.54 bits per heavy atom. The van der Waals surface area contributed by atoms with Crippen molar-refractivity contribution in [3.63, 3.8) is 0 Å². The van der Waals surface area contributed by atoms with E-state index in [9.17, 15) is 14.4 Å². The first kappa shape index (κ1) is 25.4. The van der Waals surface area contributed by atoms with Gasteiger partial charge in [0.05, 0.1) is 26.9 Å². The number of nitrogens with zero attached hydrogens (tertiary/aromatic N) is 3. The van der Waals surface area contributed by atoms with Crippen molar-refractivity contribution in [2.75, 3.05) is 59.9 Å². The van der Waals surface area contributed by atoms with E-state index in [0.29, 0.717) is 80.6 Å². The van der Waals surface area contributed by atoms with Crippen LogP contribution in [0.5, 0.6) is 17.2 Å². The van der Waals surface area contributed by atoms with E-state index in [-0.39, 0.29) is 31.1 Å². The fourth-order valence-corrected chi connectivity index (χ4v) is 5.69. The predicted molar refractivity (Wildman–Crippen MR) is 137 cm³/mol. The molecule has 0 N–H and O–H groups in total. The van der Waals surface area contributed by atoms with E-state index in [0.717, 1.165) is 0 Å². The first-order chi connectivity index (χ1) is 19.0. The van der Waals surface area contributed by atoms with Crippen LogP contribution in [0.15, 0.2) is 42.5 Å². The van der Waals surface area contributed by atoms with Gasteiger partial charge in [-0.15, -0.1) is 0 Å². The Morgan fingerprint density at radius 1 is 0.846 bits per heavy atom. The van der Waals surface area contributed by atoms with Crippen molar-refractivity contribution >= 4 is 17.7 Å². The summed E-state index contributed by atoms with van der Waals surface area (Å²) in [5.74, 6) is 1.25. The molecule has 39 heavy (non-hydrogen) atoms. The molecule has 1 spiro atoms. The van der Waals surface area contributed by atoms with E-state index in [1.165, 1.54) is 0 Å². The van der Waals surface area contributed by atoms with Crippen molar-refractivity contribution in [1.29, 1.82) is 0 Å². The van der Waals surface area contributed by atoms with Gasteiger partial charge in [0.2, 0.25) is 12.7 Å². The molecule has 2 aromatic rings. The van der Waals surface area contributed by atoms with Gasteiger partial charge in [-0.1, -0.05) is 0 Å². The molecule has 1 atom stereocenters. The number of rotatable bonds is 4. The van der Waals surface area contributed by atoms with Crippen molar-refractivity contribution in [1.82, 2.24) is 14.7 Å². The second-order valence-electron chi connectivity index (χ2n) is 9.97. The number of hydrogen-bond acceptors (Lipinski definition) is 8. The predicted octanol–water partition coefficient (Wildman–Crippen LogP) is 1.76. The third kappa shape index (κ3) is 4.65. The van der Waals surface area contributed by atoms with Gasteiger partial charge in [0, 0.05) is 50.1 Å². The first-order valence-electron chi connectivity index (χ1n) is 13.2. The highest BCUT2D eigenvalue weighted by atomic mass is 16.7. The molecule has 206 valence electrons.